The monoisotopic (exact) mass is 437 g/mol. The minimum absolute atomic E-state index is 0.334. The summed E-state index contributed by atoms with van der Waals surface area (Å²) in [5.74, 6) is 0.788. The van der Waals surface area contributed by atoms with E-state index in [1.807, 2.05) is 29.6 Å². The van der Waals surface area contributed by atoms with Crippen LogP contribution in [-0.2, 0) is 0 Å². The number of fused-ring (bicyclic) bond motifs is 3. The highest BCUT2D eigenvalue weighted by Gasteiger charge is 2.42. The van der Waals surface area contributed by atoms with Crippen LogP contribution in [-0.4, -0.2) is 20.2 Å². The van der Waals surface area contributed by atoms with Crippen LogP contribution >= 0.6 is 22.9 Å². The zero-order valence-electron chi connectivity index (χ0n) is 15.3. The van der Waals surface area contributed by atoms with Gasteiger partial charge in [0.05, 0.1) is 5.70 Å². The van der Waals surface area contributed by atoms with Crippen LogP contribution in [0.3, 0.4) is 0 Å². The summed E-state index contributed by atoms with van der Waals surface area (Å²) in [7, 11) is 0. The Hall–Kier alpha value is -3.23. The van der Waals surface area contributed by atoms with E-state index in [4.69, 9.17) is 16.3 Å². The van der Waals surface area contributed by atoms with E-state index in [0.717, 1.165) is 21.7 Å². The molecule has 2 aliphatic heterocycles. The van der Waals surface area contributed by atoms with Gasteiger partial charge >= 0.3 is 0 Å². The molecule has 2 aliphatic rings. The molecule has 9 heteroatoms. The van der Waals surface area contributed by atoms with E-state index in [1.54, 1.807) is 40.3 Å². The maximum atomic E-state index is 15.0. The Kier molecular flexibility index (Phi) is 3.90. The normalized spacial score (nSPS) is 19.4. The fourth-order valence-corrected chi connectivity index (χ4v) is 4.98. The molecular formula is C21H13ClFN5OS. The highest BCUT2D eigenvalue weighted by Crippen LogP contribution is 2.51. The molecule has 2 atom stereocenters. The van der Waals surface area contributed by atoms with Crippen LogP contribution in [0.5, 0.6) is 5.75 Å². The Morgan fingerprint density at radius 1 is 1.13 bits per heavy atom. The van der Waals surface area contributed by atoms with Gasteiger partial charge in [-0.25, -0.2) is 4.39 Å². The lowest BCUT2D eigenvalue weighted by molar-refractivity contribution is 0.225. The molecule has 1 N–H and O–H groups in total. The lowest BCUT2D eigenvalue weighted by atomic mass is 9.86. The molecule has 0 aliphatic carbocycles. The van der Waals surface area contributed by atoms with Gasteiger partial charge in [0.25, 0.3) is 0 Å². The quantitative estimate of drug-likeness (QED) is 0.473. The Morgan fingerprint density at radius 3 is 2.87 bits per heavy atom. The van der Waals surface area contributed by atoms with Crippen LogP contribution in [0.1, 0.15) is 28.1 Å². The van der Waals surface area contributed by atoms with Crippen molar-refractivity contribution in [3.05, 3.63) is 92.4 Å². The van der Waals surface area contributed by atoms with Crippen LogP contribution < -0.4 is 10.1 Å². The van der Waals surface area contributed by atoms with Gasteiger partial charge < -0.3 is 10.1 Å². The van der Waals surface area contributed by atoms with Crippen LogP contribution in [0.25, 0.3) is 5.70 Å². The third-order valence-corrected chi connectivity index (χ3v) is 6.45. The first-order valence-corrected chi connectivity index (χ1v) is 10.5. The fraction of sp³-hybridized carbons (Fsp3) is 0.0952. The average molecular weight is 438 g/mol. The van der Waals surface area contributed by atoms with E-state index in [2.05, 4.69) is 20.8 Å². The van der Waals surface area contributed by atoms with Crippen molar-refractivity contribution in [2.45, 2.75) is 12.1 Å². The molecule has 0 saturated heterocycles. The van der Waals surface area contributed by atoms with Gasteiger partial charge in [-0.1, -0.05) is 41.0 Å². The second kappa shape index (κ2) is 6.65. The summed E-state index contributed by atoms with van der Waals surface area (Å²) in [4.78, 5) is 1.00. The number of tetrazole rings is 1. The lowest BCUT2D eigenvalue weighted by Gasteiger charge is -2.38. The highest BCUT2D eigenvalue weighted by molar-refractivity contribution is 7.10. The third-order valence-electron chi connectivity index (χ3n) is 5.30. The molecule has 2 aromatic heterocycles. The third kappa shape index (κ3) is 2.57. The van der Waals surface area contributed by atoms with Crippen molar-refractivity contribution in [1.82, 2.24) is 20.2 Å². The summed E-state index contributed by atoms with van der Waals surface area (Å²) >= 11 is 7.87. The van der Waals surface area contributed by atoms with Crippen molar-refractivity contribution in [3.8, 4) is 5.75 Å². The molecule has 0 saturated carbocycles. The van der Waals surface area contributed by atoms with Crippen LogP contribution in [0.2, 0.25) is 5.02 Å². The topological polar surface area (TPSA) is 64.9 Å². The summed E-state index contributed by atoms with van der Waals surface area (Å²) in [5, 5.41) is 18.0. The molecule has 0 radical (unpaired) electrons. The average Bonchev–Trinajstić information content (AvgIpc) is 3.44. The van der Waals surface area contributed by atoms with Crippen molar-refractivity contribution < 1.29 is 9.13 Å². The molecule has 2 aromatic carbocycles. The summed E-state index contributed by atoms with van der Waals surface area (Å²) < 4.78 is 23.0. The fourth-order valence-electron chi connectivity index (χ4n) is 4.04. The molecular weight excluding hydrogens is 425 g/mol. The van der Waals surface area contributed by atoms with Crippen molar-refractivity contribution in [3.63, 3.8) is 0 Å². The largest absolute Gasteiger partial charge is 0.480 e. The number of ether oxygens (including phenoxy) is 1. The molecule has 30 heavy (non-hydrogen) atoms. The Morgan fingerprint density at radius 2 is 2.03 bits per heavy atom. The molecule has 0 spiro atoms. The number of benzene rings is 2. The van der Waals surface area contributed by atoms with Gasteiger partial charge in [0.15, 0.2) is 6.10 Å². The second-order valence-corrected chi connectivity index (χ2v) is 8.40. The summed E-state index contributed by atoms with van der Waals surface area (Å²) in [5.41, 5.74) is 2.88. The van der Waals surface area contributed by atoms with Gasteiger partial charge in [0.1, 0.15) is 17.6 Å². The summed E-state index contributed by atoms with van der Waals surface area (Å²) in [6.45, 7) is 0. The number of hydrogen-bond acceptors (Lipinski definition) is 6. The van der Waals surface area contributed by atoms with Crippen molar-refractivity contribution >= 4 is 34.6 Å². The van der Waals surface area contributed by atoms with Crippen LogP contribution in [0.15, 0.2) is 65.6 Å². The van der Waals surface area contributed by atoms with Gasteiger partial charge in [-0.2, -0.15) is 4.68 Å². The van der Waals surface area contributed by atoms with Crippen LogP contribution in [0.4, 0.5) is 10.3 Å². The predicted molar refractivity (Wildman–Crippen MR) is 112 cm³/mol. The minimum atomic E-state index is -0.577. The Balaban J connectivity index is 1.67. The van der Waals surface area contributed by atoms with E-state index in [1.165, 1.54) is 6.07 Å². The molecule has 4 heterocycles. The predicted octanol–water partition coefficient (Wildman–Crippen LogP) is 5.09. The van der Waals surface area contributed by atoms with E-state index >= 15 is 0 Å². The van der Waals surface area contributed by atoms with Crippen molar-refractivity contribution in [2.75, 3.05) is 5.32 Å². The Bertz CT molecular complexity index is 1300. The number of nitrogens with zero attached hydrogens (tertiary/aromatic N) is 4. The number of nitrogens with one attached hydrogen (secondary N) is 1. The van der Waals surface area contributed by atoms with Gasteiger partial charge in [0.2, 0.25) is 5.95 Å². The minimum Gasteiger partial charge on any atom is -0.480 e. The molecule has 0 unspecified atom stereocenters. The zero-order valence-corrected chi connectivity index (χ0v) is 16.9. The van der Waals surface area contributed by atoms with Crippen molar-refractivity contribution in [1.29, 1.82) is 0 Å². The molecule has 0 bridgehead atoms. The first-order valence-electron chi connectivity index (χ1n) is 9.24. The second-order valence-electron chi connectivity index (χ2n) is 6.98. The van der Waals surface area contributed by atoms with E-state index in [9.17, 15) is 4.39 Å². The lowest BCUT2D eigenvalue weighted by Crippen LogP contribution is -2.32. The van der Waals surface area contributed by atoms with Gasteiger partial charge in [0, 0.05) is 26.6 Å². The first-order chi connectivity index (χ1) is 14.7. The van der Waals surface area contributed by atoms with E-state index in [0.29, 0.717) is 22.3 Å². The molecule has 4 aromatic rings. The number of anilines is 1. The van der Waals surface area contributed by atoms with E-state index in [-0.39, 0.29) is 5.82 Å². The van der Waals surface area contributed by atoms with Gasteiger partial charge in [-0.3, -0.25) is 0 Å². The molecule has 0 amide bonds. The molecule has 0 fully saturated rings. The van der Waals surface area contributed by atoms with Gasteiger partial charge in [-0.15, -0.1) is 11.3 Å². The molecule has 6 rings (SSSR count). The number of aromatic nitrogens is 4. The molecule has 6 nitrogen and oxygen atoms in total. The smallest absolute Gasteiger partial charge is 0.248 e. The number of thiophene rings is 1. The maximum Gasteiger partial charge on any atom is 0.248 e. The standard InChI is InChI=1S/C21H13ClFN5OS/c22-11-7-8-15-13(10-11)18-17(20(29-15)16-6-3-9-30-16)19(12-4-1-2-5-14(12)23)28-21(24-18)25-26-27-28/h1-10,19-20H,(H,24,25,27)/t19-,20-/m0/s1. The van der Waals surface area contributed by atoms with Gasteiger partial charge in [-0.05, 0) is 46.1 Å². The molecule has 148 valence electrons. The number of hydrogen-bond donors (Lipinski definition) is 1. The maximum absolute atomic E-state index is 15.0. The van der Waals surface area contributed by atoms with Crippen LogP contribution in [0, 0.1) is 5.82 Å². The highest BCUT2D eigenvalue weighted by atomic mass is 35.5. The summed E-state index contributed by atoms with van der Waals surface area (Å²) in [6.07, 6.45) is -0.428. The number of halogens is 2. The van der Waals surface area contributed by atoms with Crippen molar-refractivity contribution in [2.24, 2.45) is 0 Å². The van der Waals surface area contributed by atoms with E-state index < -0.39 is 12.1 Å². The Labute approximate surface area is 179 Å². The summed E-state index contributed by atoms with van der Waals surface area (Å²) in [6, 6.07) is 15.5. The SMILES string of the molecule is Fc1ccccc1[C@H]1C2=C(Nc3nnnn31)c1cc(Cl)ccc1O[C@H]2c1cccs1. The first kappa shape index (κ1) is 17.6. The zero-order chi connectivity index (χ0) is 20.2. The number of rotatable bonds is 2.